The minimum Gasteiger partial charge on any atom is -0.167 e. The molecule has 4 heteroatoms. The zero-order valence-electron chi connectivity index (χ0n) is 7.49. The van der Waals surface area contributed by atoms with Crippen molar-refractivity contribution in [1.82, 2.24) is 0 Å². The molecule has 1 rings (SSSR count). The van der Waals surface area contributed by atoms with Gasteiger partial charge in [-0.15, -0.1) is 0 Å². The Morgan fingerprint density at radius 3 is 1.82 bits per heavy atom. The van der Waals surface area contributed by atoms with Gasteiger partial charge in [-0.1, -0.05) is 38.5 Å². The predicted molar refractivity (Wildman–Crippen MR) is 65.5 cm³/mol. The summed E-state index contributed by atoms with van der Waals surface area (Å²) in [7, 11) is 5.88. The highest BCUT2D eigenvalue weighted by atomic mass is 33.7. The molecule has 0 nitrogen and oxygen atoms in total. The molecule has 1 aliphatic rings. The second-order valence-corrected chi connectivity index (χ2v) is 14.0. The Labute approximate surface area is 82.6 Å². The SMILES string of the molecule is CC(C)S1(C(C)C)CSSS1. The van der Waals surface area contributed by atoms with E-state index in [2.05, 4.69) is 48.3 Å². The Bertz CT molecular complexity index is 116. The van der Waals surface area contributed by atoms with Crippen LogP contribution in [0.4, 0.5) is 0 Å². The molecule has 0 spiro atoms. The van der Waals surface area contributed by atoms with Crippen LogP contribution in [0.15, 0.2) is 0 Å². The molecular weight excluding hydrogens is 212 g/mol. The summed E-state index contributed by atoms with van der Waals surface area (Å²) in [5.41, 5.74) is 0. The second-order valence-electron chi connectivity index (χ2n) is 3.25. The van der Waals surface area contributed by atoms with Crippen molar-refractivity contribution >= 4 is 39.5 Å². The van der Waals surface area contributed by atoms with Gasteiger partial charge in [-0.05, 0) is 30.2 Å². The van der Waals surface area contributed by atoms with E-state index < -0.39 is 0 Å². The van der Waals surface area contributed by atoms with Gasteiger partial charge in [0.1, 0.15) is 0 Å². The largest absolute Gasteiger partial charge is 0.167 e. The highest BCUT2D eigenvalue weighted by Gasteiger charge is 2.36. The summed E-state index contributed by atoms with van der Waals surface area (Å²) in [5, 5.41) is 3.17. The smallest absolute Gasteiger partial charge is 0.0443 e. The molecule has 0 atom stereocenters. The maximum absolute atomic E-state index is 2.38. The van der Waals surface area contributed by atoms with Crippen LogP contribution in [-0.2, 0) is 0 Å². The average Bonchev–Trinajstić information content (AvgIpc) is 2.34. The fourth-order valence-corrected chi connectivity index (χ4v) is 20.4. The normalized spacial score (nSPS) is 26.4. The number of hydrogen-bond acceptors (Lipinski definition) is 3. The molecule has 0 radical (unpaired) electrons. The van der Waals surface area contributed by atoms with E-state index >= 15 is 0 Å². The lowest BCUT2D eigenvalue weighted by atomic mass is 10.5. The van der Waals surface area contributed by atoms with Gasteiger partial charge in [0.15, 0.2) is 0 Å². The van der Waals surface area contributed by atoms with Gasteiger partial charge in [0.25, 0.3) is 0 Å². The summed E-state index contributed by atoms with van der Waals surface area (Å²) in [5.74, 6) is 0. The highest BCUT2D eigenvalue weighted by Crippen LogP contribution is 2.79. The van der Waals surface area contributed by atoms with E-state index in [1.807, 2.05) is 9.83 Å². The maximum Gasteiger partial charge on any atom is 0.0443 e. The Morgan fingerprint density at radius 2 is 1.64 bits per heavy atom. The molecule has 1 aliphatic heterocycles. The molecule has 0 amide bonds. The van der Waals surface area contributed by atoms with Gasteiger partial charge in [0.05, 0.1) is 0 Å². The molecule has 0 saturated carbocycles. The first-order chi connectivity index (χ1) is 5.09. The first-order valence-corrected chi connectivity index (χ1v) is 9.96. The van der Waals surface area contributed by atoms with E-state index in [1.165, 1.54) is 5.08 Å². The first-order valence-electron chi connectivity index (χ1n) is 3.86. The van der Waals surface area contributed by atoms with Gasteiger partial charge < -0.3 is 0 Å². The van der Waals surface area contributed by atoms with E-state index in [1.54, 1.807) is 0 Å². The lowest BCUT2D eigenvalue weighted by Crippen LogP contribution is -2.16. The van der Waals surface area contributed by atoms with E-state index in [4.69, 9.17) is 0 Å². The Balaban J connectivity index is 2.70. The minimum atomic E-state index is -0.352. The number of hydrogen-bond donors (Lipinski definition) is 0. The van der Waals surface area contributed by atoms with E-state index in [0.29, 0.717) is 0 Å². The van der Waals surface area contributed by atoms with E-state index in [9.17, 15) is 0 Å². The van der Waals surface area contributed by atoms with Gasteiger partial charge >= 0.3 is 0 Å². The van der Waals surface area contributed by atoms with Crippen LogP contribution in [-0.4, -0.2) is 15.6 Å². The van der Waals surface area contributed by atoms with Gasteiger partial charge in [0, 0.05) is 5.08 Å². The summed E-state index contributed by atoms with van der Waals surface area (Å²) >= 11 is 0. The molecule has 0 unspecified atom stereocenters. The second kappa shape index (κ2) is 4.07. The Kier molecular flexibility index (Phi) is 3.88. The summed E-state index contributed by atoms with van der Waals surface area (Å²) in [6, 6.07) is 0. The summed E-state index contributed by atoms with van der Waals surface area (Å²) in [4.78, 5) is 0. The van der Waals surface area contributed by atoms with E-state index in [0.717, 1.165) is 10.5 Å². The van der Waals surface area contributed by atoms with Crippen molar-refractivity contribution in [1.29, 1.82) is 0 Å². The minimum absolute atomic E-state index is 0.352. The monoisotopic (exact) mass is 228 g/mol. The summed E-state index contributed by atoms with van der Waals surface area (Å²) in [6.07, 6.45) is 0. The van der Waals surface area contributed by atoms with Crippen molar-refractivity contribution in [2.45, 2.75) is 38.2 Å². The molecule has 68 valence electrons. The van der Waals surface area contributed by atoms with Crippen molar-refractivity contribution in [3.8, 4) is 0 Å². The highest BCUT2D eigenvalue weighted by molar-refractivity contribution is 9.37. The first kappa shape index (κ1) is 10.5. The summed E-state index contributed by atoms with van der Waals surface area (Å²) in [6.45, 7) is 9.53. The molecule has 0 N–H and O–H groups in total. The predicted octanol–water partition coefficient (Wildman–Crippen LogP) is 4.52. The van der Waals surface area contributed by atoms with Crippen LogP contribution in [0.2, 0.25) is 0 Å². The quantitative estimate of drug-likeness (QED) is 0.638. The van der Waals surface area contributed by atoms with Crippen molar-refractivity contribution < 1.29 is 0 Å². The van der Waals surface area contributed by atoms with Crippen LogP contribution in [0.25, 0.3) is 0 Å². The third-order valence-electron chi connectivity index (χ3n) is 2.03. The van der Waals surface area contributed by atoms with Gasteiger partial charge in [-0.25, -0.2) is 0 Å². The third-order valence-corrected chi connectivity index (χ3v) is 17.9. The topological polar surface area (TPSA) is 0 Å². The lowest BCUT2D eigenvalue weighted by Gasteiger charge is -2.40. The van der Waals surface area contributed by atoms with Crippen LogP contribution < -0.4 is 0 Å². The average molecular weight is 228 g/mol. The van der Waals surface area contributed by atoms with Crippen LogP contribution >= 0.6 is 39.5 Å². The molecule has 1 fully saturated rings. The maximum atomic E-state index is 2.38. The molecule has 0 aromatic carbocycles. The van der Waals surface area contributed by atoms with Crippen molar-refractivity contribution in [2.24, 2.45) is 0 Å². The zero-order chi connectivity index (χ0) is 8.48. The molecule has 1 saturated heterocycles. The van der Waals surface area contributed by atoms with Crippen LogP contribution in [0.5, 0.6) is 0 Å². The fourth-order valence-electron chi connectivity index (χ4n) is 1.16. The fraction of sp³-hybridized carbons (Fsp3) is 1.00. The Hall–Kier alpha value is 1.40. The van der Waals surface area contributed by atoms with Gasteiger partial charge in [0.2, 0.25) is 0 Å². The number of rotatable bonds is 2. The van der Waals surface area contributed by atoms with Crippen molar-refractivity contribution in [3.63, 3.8) is 0 Å². The van der Waals surface area contributed by atoms with Crippen LogP contribution in [0, 0.1) is 0 Å². The van der Waals surface area contributed by atoms with Gasteiger partial charge in [-0.2, -0.15) is 9.06 Å². The van der Waals surface area contributed by atoms with Crippen LogP contribution in [0.1, 0.15) is 27.7 Å². The zero-order valence-corrected chi connectivity index (χ0v) is 10.8. The van der Waals surface area contributed by atoms with Crippen molar-refractivity contribution in [2.75, 3.05) is 5.08 Å². The van der Waals surface area contributed by atoms with E-state index in [-0.39, 0.29) is 9.06 Å². The molecular formula is C7H16S4. The summed E-state index contributed by atoms with van der Waals surface area (Å²) < 4.78 is 0. The lowest BCUT2D eigenvalue weighted by molar-refractivity contribution is 1.03. The van der Waals surface area contributed by atoms with Crippen LogP contribution in [0.3, 0.4) is 0 Å². The molecule has 0 bridgehead atoms. The molecule has 0 aromatic heterocycles. The molecule has 0 aromatic rings. The molecule has 11 heavy (non-hydrogen) atoms. The molecule has 0 aliphatic carbocycles. The third kappa shape index (κ3) is 2.01. The standard InChI is InChI=1S/C7H16S4/c1-6(2)11(7(3)4)5-8-9-10-11/h6-7H,5H2,1-4H3. The Morgan fingerprint density at radius 1 is 1.09 bits per heavy atom. The van der Waals surface area contributed by atoms with Crippen molar-refractivity contribution in [3.05, 3.63) is 0 Å². The van der Waals surface area contributed by atoms with Gasteiger partial charge in [-0.3, -0.25) is 0 Å². The molecule has 1 heterocycles.